The summed E-state index contributed by atoms with van der Waals surface area (Å²) in [6.07, 6.45) is 1.82. The number of rotatable bonds is 5. The number of nitrogens with zero attached hydrogens (tertiary/aromatic N) is 3. The van der Waals surface area contributed by atoms with Gasteiger partial charge < -0.3 is 16.0 Å². The maximum atomic E-state index is 12.0. The molecule has 2 heterocycles. The highest BCUT2D eigenvalue weighted by Gasteiger charge is 2.12. The fourth-order valence-electron chi connectivity index (χ4n) is 2.04. The second-order valence-corrected chi connectivity index (χ2v) is 5.04. The van der Waals surface area contributed by atoms with Crippen molar-refractivity contribution in [3.63, 3.8) is 0 Å². The highest BCUT2D eigenvalue weighted by Crippen LogP contribution is 2.08. The third kappa shape index (κ3) is 2.60. The van der Waals surface area contributed by atoms with Gasteiger partial charge in [0.2, 0.25) is 5.95 Å². The van der Waals surface area contributed by atoms with E-state index in [9.17, 15) is 9.59 Å². The average molecular weight is 280 g/mol. The van der Waals surface area contributed by atoms with Crippen LogP contribution in [-0.4, -0.2) is 31.7 Å². The first-order chi connectivity index (χ1) is 9.41. The number of hydrogen-bond donors (Lipinski definition) is 3. The molecule has 0 bridgehead atoms. The van der Waals surface area contributed by atoms with Gasteiger partial charge in [0, 0.05) is 26.7 Å². The van der Waals surface area contributed by atoms with Gasteiger partial charge in [-0.1, -0.05) is 0 Å². The molecule has 0 aliphatic heterocycles. The molecule has 0 aliphatic rings. The standard InChI is InChI=1S/C12H20N6O2/c1-7(13)5-4-6-14-11-15-8-9(16-11)17(2)12(20)18(3)10(8)19/h7H,4-6,13H2,1-3H3,(H2,14,15,16). The van der Waals surface area contributed by atoms with Crippen LogP contribution in [0.15, 0.2) is 9.59 Å². The summed E-state index contributed by atoms with van der Waals surface area (Å²) in [6.45, 7) is 2.66. The number of nitrogens with one attached hydrogen (secondary N) is 2. The molecular weight excluding hydrogens is 260 g/mol. The Kier molecular flexibility index (Phi) is 3.93. The van der Waals surface area contributed by atoms with Crippen molar-refractivity contribution in [1.29, 1.82) is 0 Å². The van der Waals surface area contributed by atoms with Crippen LogP contribution in [0.3, 0.4) is 0 Å². The van der Waals surface area contributed by atoms with E-state index in [0.717, 1.165) is 17.4 Å². The number of aryl methyl sites for hydroxylation is 1. The second-order valence-electron chi connectivity index (χ2n) is 5.04. The minimum atomic E-state index is -0.391. The lowest BCUT2D eigenvalue weighted by Crippen LogP contribution is -2.36. The quantitative estimate of drug-likeness (QED) is 0.639. The van der Waals surface area contributed by atoms with Gasteiger partial charge in [0.05, 0.1) is 0 Å². The summed E-state index contributed by atoms with van der Waals surface area (Å²) in [5.74, 6) is 0.489. The molecule has 1 unspecified atom stereocenters. The molecule has 110 valence electrons. The predicted octanol–water partition coefficient (Wildman–Crippen LogP) is -0.500. The van der Waals surface area contributed by atoms with Crippen LogP contribution in [0.4, 0.5) is 5.95 Å². The van der Waals surface area contributed by atoms with Gasteiger partial charge in [0.1, 0.15) is 0 Å². The van der Waals surface area contributed by atoms with Crippen LogP contribution in [0.2, 0.25) is 0 Å². The topological polar surface area (TPSA) is 111 Å². The Labute approximate surface area is 115 Å². The van der Waals surface area contributed by atoms with E-state index in [0.29, 0.717) is 23.7 Å². The SMILES string of the molecule is CC(N)CCCNc1nc2c([nH]1)c(=O)n(C)c(=O)n2C. The summed E-state index contributed by atoms with van der Waals surface area (Å²) in [4.78, 5) is 30.9. The van der Waals surface area contributed by atoms with Crippen LogP contribution in [-0.2, 0) is 14.1 Å². The minimum absolute atomic E-state index is 0.167. The zero-order valence-corrected chi connectivity index (χ0v) is 11.9. The summed E-state index contributed by atoms with van der Waals surface area (Å²) < 4.78 is 2.40. The van der Waals surface area contributed by atoms with Crippen LogP contribution < -0.4 is 22.3 Å². The summed E-state index contributed by atoms with van der Waals surface area (Å²) >= 11 is 0. The lowest BCUT2D eigenvalue weighted by molar-refractivity contribution is 0.638. The molecule has 0 fully saturated rings. The molecule has 8 heteroatoms. The van der Waals surface area contributed by atoms with E-state index in [1.807, 2.05) is 6.92 Å². The lowest BCUT2D eigenvalue weighted by atomic mass is 10.2. The van der Waals surface area contributed by atoms with Crippen LogP contribution >= 0.6 is 0 Å². The van der Waals surface area contributed by atoms with E-state index >= 15 is 0 Å². The molecule has 8 nitrogen and oxygen atoms in total. The Balaban J connectivity index is 2.26. The van der Waals surface area contributed by atoms with E-state index in [2.05, 4.69) is 15.3 Å². The van der Waals surface area contributed by atoms with E-state index in [1.165, 1.54) is 11.6 Å². The summed E-state index contributed by atoms with van der Waals surface area (Å²) in [6, 6.07) is 0.167. The molecule has 4 N–H and O–H groups in total. The highest BCUT2D eigenvalue weighted by atomic mass is 16.2. The first-order valence-corrected chi connectivity index (χ1v) is 6.57. The van der Waals surface area contributed by atoms with Gasteiger partial charge in [0.25, 0.3) is 5.56 Å². The van der Waals surface area contributed by atoms with Gasteiger partial charge in [0.15, 0.2) is 11.2 Å². The number of H-pyrrole nitrogens is 1. The molecule has 2 aromatic rings. The van der Waals surface area contributed by atoms with E-state index in [4.69, 9.17) is 5.73 Å². The van der Waals surface area contributed by atoms with E-state index in [-0.39, 0.29) is 11.6 Å². The van der Waals surface area contributed by atoms with Crippen molar-refractivity contribution in [3.8, 4) is 0 Å². The first kappa shape index (κ1) is 14.3. The van der Waals surface area contributed by atoms with Gasteiger partial charge in [-0.15, -0.1) is 0 Å². The third-order valence-electron chi connectivity index (χ3n) is 3.22. The molecule has 1 atom stereocenters. The van der Waals surface area contributed by atoms with Crippen molar-refractivity contribution in [3.05, 3.63) is 20.8 Å². The number of fused-ring (bicyclic) bond motifs is 1. The van der Waals surface area contributed by atoms with Gasteiger partial charge in [-0.3, -0.25) is 13.9 Å². The van der Waals surface area contributed by atoms with E-state index in [1.54, 1.807) is 7.05 Å². The van der Waals surface area contributed by atoms with Gasteiger partial charge in [-0.2, -0.15) is 4.98 Å². The predicted molar refractivity (Wildman–Crippen MR) is 77.9 cm³/mol. The monoisotopic (exact) mass is 280 g/mol. The average Bonchev–Trinajstić information content (AvgIpc) is 2.83. The van der Waals surface area contributed by atoms with Gasteiger partial charge in [-0.25, -0.2) is 4.79 Å². The Bertz CT molecular complexity index is 724. The number of imidazole rings is 1. The molecule has 20 heavy (non-hydrogen) atoms. The number of nitrogens with two attached hydrogens (primary N) is 1. The molecule has 0 amide bonds. The fraction of sp³-hybridized carbons (Fsp3) is 0.583. The summed E-state index contributed by atoms with van der Waals surface area (Å²) in [7, 11) is 3.03. The lowest BCUT2D eigenvalue weighted by Gasteiger charge is -2.04. The molecule has 2 aromatic heterocycles. The van der Waals surface area contributed by atoms with Crippen molar-refractivity contribution in [2.24, 2.45) is 19.8 Å². The molecule has 0 spiro atoms. The Morgan fingerprint density at radius 1 is 1.35 bits per heavy atom. The summed E-state index contributed by atoms with van der Waals surface area (Å²) in [5.41, 5.74) is 5.58. The van der Waals surface area contributed by atoms with Crippen molar-refractivity contribution in [2.75, 3.05) is 11.9 Å². The van der Waals surface area contributed by atoms with Crippen LogP contribution in [0.1, 0.15) is 19.8 Å². The van der Waals surface area contributed by atoms with Crippen molar-refractivity contribution >= 4 is 17.1 Å². The third-order valence-corrected chi connectivity index (χ3v) is 3.22. The van der Waals surface area contributed by atoms with Crippen LogP contribution in [0.25, 0.3) is 11.2 Å². The van der Waals surface area contributed by atoms with E-state index < -0.39 is 5.69 Å². The molecule has 0 saturated heterocycles. The Morgan fingerprint density at radius 3 is 2.70 bits per heavy atom. The number of hydrogen-bond acceptors (Lipinski definition) is 5. The maximum Gasteiger partial charge on any atom is 0.332 e. The summed E-state index contributed by atoms with van der Waals surface area (Å²) in [5, 5.41) is 3.10. The van der Waals surface area contributed by atoms with Crippen LogP contribution in [0.5, 0.6) is 0 Å². The van der Waals surface area contributed by atoms with Gasteiger partial charge in [-0.05, 0) is 19.8 Å². The zero-order chi connectivity index (χ0) is 14.9. The molecule has 0 aliphatic carbocycles. The van der Waals surface area contributed by atoms with Crippen molar-refractivity contribution < 1.29 is 0 Å². The smallest absolute Gasteiger partial charge is 0.332 e. The highest BCUT2D eigenvalue weighted by molar-refractivity contribution is 5.72. The zero-order valence-electron chi connectivity index (χ0n) is 11.9. The molecular formula is C12H20N6O2. The molecule has 0 radical (unpaired) electrons. The first-order valence-electron chi connectivity index (χ1n) is 6.57. The minimum Gasteiger partial charge on any atom is -0.356 e. The number of anilines is 1. The fourth-order valence-corrected chi connectivity index (χ4v) is 2.04. The Hall–Kier alpha value is -2.09. The van der Waals surface area contributed by atoms with Crippen molar-refractivity contribution in [2.45, 2.75) is 25.8 Å². The molecule has 0 saturated carbocycles. The normalized spacial score (nSPS) is 12.8. The maximum absolute atomic E-state index is 12.0. The largest absolute Gasteiger partial charge is 0.356 e. The Morgan fingerprint density at radius 2 is 2.05 bits per heavy atom. The molecule has 0 aromatic carbocycles. The number of aromatic amines is 1. The number of aromatic nitrogens is 4. The van der Waals surface area contributed by atoms with Gasteiger partial charge >= 0.3 is 5.69 Å². The second kappa shape index (κ2) is 5.49. The van der Waals surface area contributed by atoms with Crippen LogP contribution in [0, 0.1) is 0 Å². The van der Waals surface area contributed by atoms with Crippen molar-refractivity contribution in [1.82, 2.24) is 19.1 Å². The molecule has 2 rings (SSSR count).